The third-order valence-corrected chi connectivity index (χ3v) is 6.18. The van der Waals surface area contributed by atoms with Gasteiger partial charge >= 0.3 is 0 Å². The summed E-state index contributed by atoms with van der Waals surface area (Å²) in [4.78, 5) is 12.5. The smallest absolute Gasteiger partial charge is 0.261 e. The van der Waals surface area contributed by atoms with Gasteiger partial charge in [0.2, 0.25) is 0 Å². The summed E-state index contributed by atoms with van der Waals surface area (Å²) >= 11 is 9.30. The summed E-state index contributed by atoms with van der Waals surface area (Å²) in [5.41, 5.74) is 1.21. The summed E-state index contributed by atoms with van der Waals surface area (Å²) in [5.74, 6) is -1.23. The van der Waals surface area contributed by atoms with Crippen molar-refractivity contribution in [1.29, 1.82) is 0 Å². The minimum absolute atomic E-state index is 0.00147. The summed E-state index contributed by atoms with van der Waals surface area (Å²) in [6, 6.07) is 14.7. The summed E-state index contributed by atoms with van der Waals surface area (Å²) in [5, 5.41) is 2.45. The Morgan fingerprint density at radius 2 is 1.72 bits per heavy atom. The lowest BCUT2D eigenvalue weighted by Crippen LogP contribution is -2.15. The number of benzene rings is 3. The summed E-state index contributed by atoms with van der Waals surface area (Å²) in [6.07, 6.45) is 0. The number of carbonyl (C=O) groups is 1. The molecule has 5 nitrogen and oxygen atoms in total. The van der Waals surface area contributed by atoms with Crippen LogP contribution in [0.15, 0.2) is 70.0 Å². The van der Waals surface area contributed by atoms with Gasteiger partial charge in [0.15, 0.2) is 0 Å². The fourth-order valence-corrected chi connectivity index (χ4v) is 4.12. The Morgan fingerprint density at radius 3 is 2.34 bits per heavy atom. The van der Waals surface area contributed by atoms with Gasteiger partial charge in [-0.05, 0) is 55.5 Å². The number of sulfonamides is 1. The van der Waals surface area contributed by atoms with Crippen LogP contribution in [0.3, 0.4) is 0 Å². The molecule has 0 aliphatic heterocycles. The molecule has 3 rings (SSSR count). The van der Waals surface area contributed by atoms with Crippen molar-refractivity contribution in [2.75, 3.05) is 10.0 Å². The van der Waals surface area contributed by atoms with Gasteiger partial charge in [-0.15, -0.1) is 0 Å². The van der Waals surface area contributed by atoms with E-state index in [1.807, 2.05) is 6.92 Å². The number of carbonyl (C=O) groups excluding carboxylic acids is 1. The van der Waals surface area contributed by atoms with Crippen molar-refractivity contribution in [2.24, 2.45) is 0 Å². The lowest BCUT2D eigenvalue weighted by molar-refractivity contribution is 0.102. The molecule has 0 bridgehead atoms. The average molecular weight is 498 g/mol. The first kappa shape index (κ1) is 21.3. The molecule has 9 heteroatoms. The molecule has 0 radical (unpaired) electrons. The SMILES string of the molecule is Cc1ccc(S(=O)(=O)Nc2ccc(C(=O)Nc3ccc(Br)cc3F)c(Cl)c2)cc1. The Labute approximate surface area is 181 Å². The molecule has 0 spiro atoms. The van der Waals surface area contributed by atoms with Gasteiger partial charge in [-0.1, -0.05) is 45.2 Å². The van der Waals surface area contributed by atoms with E-state index in [9.17, 15) is 17.6 Å². The number of aryl methyl sites for hydroxylation is 1. The monoisotopic (exact) mass is 496 g/mol. The Balaban J connectivity index is 1.79. The van der Waals surface area contributed by atoms with Gasteiger partial charge in [0.25, 0.3) is 15.9 Å². The van der Waals surface area contributed by atoms with E-state index in [1.54, 1.807) is 18.2 Å². The lowest BCUT2D eigenvalue weighted by Gasteiger charge is -2.11. The maximum absolute atomic E-state index is 13.9. The second-order valence-electron chi connectivity index (χ2n) is 6.19. The van der Waals surface area contributed by atoms with Gasteiger partial charge < -0.3 is 5.32 Å². The Hall–Kier alpha value is -2.42. The minimum Gasteiger partial charge on any atom is -0.319 e. The zero-order chi connectivity index (χ0) is 21.2. The van der Waals surface area contributed by atoms with E-state index in [0.717, 1.165) is 5.56 Å². The van der Waals surface area contributed by atoms with Gasteiger partial charge in [-0.25, -0.2) is 12.8 Å². The van der Waals surface area contributed by atoms with Crippen molar-refractivity contribution in [3.63, 3.8) is 0 Å². The van der Waals surface area contributed by atoms with Crippen molar-refractivity contribution < 1.29 is 17.6 Å². The van der Waals surface area contributed by atoms with Crippen LogP contribution in [-0.2, 0) is 10.0 Å². The molecule has 0 saturated heterocycles. The minimum atomic E-state index is -3.80. The first-order valence-corrected chi connectivity index (χ1v) is 11.0. The molecule has 29 heavy (non-hydrogen) atoms. The normalized spacial score (nSPS) is 11.2. The van der Waals surface area contributed by atoms with E-state index in [-0.39, 0.29) is 26.9 Å². The van der Waals surface area contributed by atoms with Gasteiger partial charge in [0.05, 0.1) is 26.9 Å². The highest BCUT2D eigenvalue weighted by atomic mass is 79.9. The quantitative estimate of drug-likeness (QED) is 0.481. The fourth-order valence-electron chi connectivity index (χ4n) is 2.47. The summed E-state index contributed by atoms with van der Waals surface area (Å²) < 4.78 is 41.8. The molecule has 0 fully saturated rings. The van der Waals surface area contributed by atoms with E-state index in [2.05, 4.69) is 26.0 Å². The Kier molecular flexibility index (Phi) is 6.26. The van der Waals surface area contributed by atoms with E-state index in [1.165, 1.54) is 42.5 Å². The van der Waals surface area contributed by atoms with Crippen LogP contribution in [0.2, 0.25) is 5.02 Å². The topological polar surface area (TPSA) is 75.3 Å². The highest BCUT2D eigenvalue weighted by Crippen LogP contribution is 2.25. The number of rotatable bonds is 5. The third kappa shape index (κ3) is 5.14. The van der Waals surface area contributed by atoms with Crippen LogP contribution < -0.4 is 10.0 Å². The second-order valence-corrected chi connectivity index (χ2v) is 9.20. The van der Waals surface area contributed by atoms with E-state index in [4.69, 9.17) is 11.6 Å². The maximum atomic E-state index is 13.9. The van der Waals surface area contributed by atoms with Crippen LogP contribution in [0.4, 0.5) is 15.8 Å². The Bertz CT molecular complexity index is 1180. The fraction of sp³-hybridized carbons (Fsp3) is 0.0500. The molecule has 0 saturated carbocycles. The zero-order valence-corrected chi connectivity index (χ0v) is 18.2. The first-order valence-electron chi connectivity index (χ1n) is 8.31. The molecule has 1 amide bonds. The van der Waals surface area contributed by atoms with Crippen LogP contribution in [0, 0.1) is 12.7 Å². The van der Waals surface area contributed by atoms with Crippen molar-refractivity contribution in [2.45, 2.75) is 11.8 Å². The van der Waals surface area contributed by atoms with Crippen molar-refractivity contribution in [1.82, 2.24) is 0 Å². The number of hydrogen-bond donors (Lipinski definition) is 2. The van der Waals surface area contributed by atoms with Crippen molar-refractivity contribution in [3.05, 3.63) is 87.1 Å². The number of nitrogens with one attached hydrogen (secondary N) is 2. The van der Waals surface area contributed by atoms with Crippen LogP contribution in [0.5, 0.6) is 0 Å². The first-order chi connectivity index (χ1) is 13.7. The van der Waals surface area contributed by atoms with Gasteiger partial charge in [0.1, 0.15) is 5.82 Å². The summed E-state index contributed by atoms with van der Waals surface area (Å²) in [7, 11) is -3.80. The van der Waals surface area contributed by atoms with Crippen LogP contribution in [0.1, 0.15) is 15.9 Å². The van der Waals surface area contributed by atoms with Crippen LogP contribution in [0.25, 0.3) is 0 Å². The van der Waals surface area contributed by atoms with Gasteiger partial charge in [0, 0.05) is 4.47 Å². The van der Waals surface area contributed by atoms with E-state index < -0.39 is 21.7 Å². The molecule has 0 heterocycles. The van der Waals surface area contributed by atoms with Crippen molar-refractivity contribution in [3.8, 4) is 0 Å². The molecule has 0 aromatic heterocycles. The molecule has 0 unspecified atom stereocenters. The molecule has 150 valence electrons. The second kappa shape index (κ2) is 8.52. The molecule has 3 aromatic rings. The van der Waals surface area contributed by atoms with E-state index >= 15 is 0 Å². The van der Waals surface area contributed by atoms with Crippen molar-refractivity contribution >= 4 is 54.8 Å². The maximum Gasteiger partial charge on any atom is 0.261 e. The predicted molar refractivity (Wildman–Crippen MR) is 115 cm³/mol. The Morgan fingerprint density at radius 1 is 1.03 bits per heavy atom. The highest BCUT2D eigenvalue weighted by molar-refractivity contribution is 9.10. The molecular formula is C20H15BrClFN2O3S. The lowest BCUT2D eigenvalue weighted by atomic mass is 10.2. The highest BCUT2D eigenvalue weighted by Gasteiger charge is 2.17. The van der Waals surface area contributed by atoms with Crippen LogP contribution in [-0.4, -0.2) is 14.3 Å². The molecule has 0 aliphatic rings. The molecule has 2 N–H and O–H groups in total. The molecule has 3 aromatic carbocycles. The molecule has 0 aliphatic carbocycles. The number of amides is 1. The summed E-state index contributed by atoms with van der Waals surface area (Å²) in [6.45, 7) is 1.85. The van der Waals surface area contributed by atoms with E-state index in [0.29, 0.717) is 4.47 Å². The predicted octanol–water partition coefficient (Wildman–Crippen LogP) is 5.60. The zero-order valence-electron chi connectivity index (χ0n) is 15.0. The molecule has 0 atom stereocenters. The van der Waals surface area contributed by atoms with Gasteiger partial charge in [-0.3, -0.25) is 9.52 Å². The van der Waals surface area contributed by atoms with Crippen LogP contribution >= 0.6 is 27.5 Å². The average Bonchev–Trinajstić information content (AvgIpc) is 2.64. The number of anilines is 2. The number of hydrogen-bond acceptors (Lipinski definition) is 3. The molecular weight excluding hydrogens is 483 g/mol. The third-order valence-electron chi connectivity index (χ3n) is 3.98. The van der Waals surface area contributed by atoms with Gasteiger partial charge in [-0.2, -0.15) is 0 Å². The largest absolute Gasteiger partial charge is 0.319 e. The standard InChI is InChI=1S/C20H15BrClFN2O3S/c1-12-2-6-15(7-3-12)29(27,28)25-14-5-8-16(17(22)11-14)20(26)24-19-9-4-13(21)10-18(19)23/h2-11,25H,1H3,(H,24,26). The number of halogens is 3.